The van der Waals surface area contributed by atoms with Crippen molar-refractivity contribution in [2.24, 2.45) is 7.05 Å². The molecule has 0 aromatic carbocycles. The van der Waals surface area contributed by atoms with Crippen LogP contribution in [0.5, 0.6) is 0 Å². The average Bonchev–Trinajstić information content (AvgIpc) is 2.78. The van der Waals surface area contributed by atoms with Gasteiger partial charge in [0, 0.05) is 18.2 Å². The van der Waals surface area contributed by atoms with Crippen molar-refractivity contribution in [1.29, 1.82) is 0 Å². The molecule has 2 heteroatoms. The van der Waals surface area contributed by atoms with Crippen molar-refractivity contribution in [2.75, 3.05) is 0 Å². The zero-order valence-corrected chi connectivity index (χ0v) is 15.0. The van der Waals surface area contributed by atoms with Gasteiger partial charge in [0.2, 0.25) is 0 Å². The third-order valence-electron chi connectivity index (χ3n) is 4.78. The number of unbranched alkanes of at least 4 members (excludes halogenated alkanes) is 6. The molecule has 0 aliphatic carbocycles. The number of hydrogen-bond donors (Lipinski definition) is 0. The molecule has 0 saturated carbocycles. The molecule has 1 aromatic rings. The Hall–Kier alpha value is -0.790. The van der Waals surface area contributed by atoms with Crippen molar-refractivity contribution in [3.63, 3.8) is 0 Å². The van der Waals surface area contributed by atoms with Crippen molar-refractivity contribution < 1.29 is 0 Å². The number of hydrogen-bond acceptors (Lipinski definition) is 1. The lowest BCUT2D eigenvalue weighted by Crippen LogP contribution is -2.25. The summed E-state index contributed by atoms with van der Waals surface area (Å²) in [6, 6.07) is 2.30. The Morgan fingerprint density at radius 2 is 1.48 bits per heavy atom. The summed E-state index contributed by atoms with van der Waals surface area (Å²) in [5.41, 5.74) is 2.89. The molecule has 0 spiro atoms. The van der Waals surface area contributed by atoms with E-state index in [0.29, 0.717) is 5.41 Å². The monoisotopic (exact) mass is 292 g/mol. The summed E-state index contributed by atoms with van der Waals surface area (Å²) in [6.45, 7) is 9.14. The zero-order chi connectivity index (χ0) is 15.7. The Bertz CT molecular complexity index is 394. The lowest BCUT2D eigenvalue weighted by Gasteiger charge is -2.30. The topological polar surface area (TPSA) is 17.8 Å². The van der Waals surface area contributed by atoms with Crippen LogP contribution in [0.4, 0.5) is 0 Å². The molecular formula is C19H36N2. The molecule has 0 fully saturated rings. The molecule has 122 valence electrons. The van der Waals surface area contributed by atoms with Gasteiger partial charge in [-0.1, -0.05) is 72.1 Å². The summed E-state index contributed by atoms with van der Waals surface area (Å²) in [5.74, 6) is 0. The van der Waals surface area contributed by atoms with Gasteiger partial charge in [-0.2, -0.15) is 5.10 Å². The maximum atomic E-state index is 4.58. The van der Waals surface area contributed by atoms with Crippen LogP contribution < -0.4 is 0 Å². The molecule has 21 heavy (non-hydrogen) atoms. The third-order valence-corrected chi connectivity index (χ3v) is 4.78. The minimum atomic E-state index is 0.303. The Morgan fingerprint density at radius 3 is 2.00 bits per heavy atom. The van der Waals surface area contributed by atoms with Crippen molar-refractivity contribution in [3.8, 4) is 0 Å². The number of nitrogens with zero attached hydrogens (tertiary/aromatic N) is 2. The molecule has 1 unspecified atom stereocenters. The zero-order valence-electron chi connectivity index (χ0n) is 15.0. The summed E-state index contributed by atoms with van der Waals surface area (Å²) in [5, 5.41) is 4.58. The van der Waals surface area contributed by atoms with Gasteiger partial charge in [0.05, 0.1) is 5.69 Å². The van der Waals surface area contributed by atoms with E-state index < -0.39 is 0 Å². The van der Waals surface area contributed by atoms with Gasteiger partial charge in [0.25, 0.3) is 0 Å². The summed E-state index contributed by atoms with van der Waals surface area (Å²) in [6.07, 6.45) is 13.4. The average molecular weight is 293 g/mol. The number of aromatic nitrogens is 2. The Labute approximate surface area is 132 Å². The van der Waals surface area contributed by atoms with Crippen molar-refractivity contribution in [3.05, 3.63) is 17.5 Å². The highest BCUT2D eigenvalue weighted by Crippen LogP contribution is 2.35. The molecule has 1 rings (SSSR count). The SMILES string of the molecule is CCCCCCCC(C)(CCCCC)c1cc(C)nn1C. The van der Waals surface area contributed by atoms with Gasteiger partial charge in [0.1, 0.15) is 0 Å². The Morgan fingerprint density at radius 1 is 0.952 bits per heavy atom. The first-order valence-electron chi connectivity index (χ1n) is 9.04. The Balaban J connectivity index is 2.67. The van der Waals surface area contributed by atoms with Crippen LogP contribution in [-0.4, -0.2) is 9.78 Å². The molecule has 2 nitrogen and oxygen atoms in total. The first kappa shape index (κ1) is 18.3. The quantitative estimate of drug-likeness (QED) is 0.462. The van der Waals surface area contributed by atoms with Crippen molar-refractivity contribution >= 4 is 0 Å². The minimum absolute atomic E-state index is 0.303. The smallest absolute Gasteiger partial charge is 0.0596 e. The molecule has 0 radical (unpaired) electrons. The van der Waals surface area contributed by atoms with E-state index >= 15 is 0 Å². The second-order valence-corrected chi connectivity index (χ2v) is 6.98. The van der Waals surface area contributed by atoms with Gasteiger partial charge in [-0.05, 0) is 25.8 Å². The van der Waals surface area contributed by atoms with E-state index in [9.17, 15) is 0 Å². The van der Waals surface area contributed by atoms with E-state index in [4.69, 9.17) is 0 Å². The van der Waals surface area contributed by atoms with Crippen LogP contribution in [0.2, 0.25) is 0 Å². The highest BCUT2D eigenvalue weighted by Gasteiger charge is 2.29. The van der Waals surface area contributed by atoms with Crippen molar-refractivity contribution in [1.82, 2.24) is 9.78 Å². The summed E-state index contributed by atoms with van der Waals surface area (Å²) >= 11 is 0. The first-order valence-corrected chi connectivity index (χ1v) is 9.04. The van der Waals surface area contributed by atoms with Crippen LogP contribution >= 0.6 is 0 Å². The molecule has 1 atom stereocenters. The van der Waals surface area contributed by atoms with Gasteiger partial charge < -0.3 is 0 Å². The highest BCUT2D eigenvalue weighted by molar-refractivity contribution is 5.19. The molecule has 1 heterocycles. The first-order chi connectivity index (χ1) is 10.0. The van der Waals surface area contributed by atoms with Crippen LogP contribution in [0.3, 0.4) is 0 Å². The van der Waals surface area contributed by atoms with E-state index in [1.807, 2.05) is 0 Å². The number of rotatable bonds is 11. The van der Waals surface area contributed by atoms with Gasteiger partial charge in [-0.25, -0.2) is 0 Å². The van der Waals surface area contributed by atoms with E-state index in [1.54, 1.807) is 0 Å². The lowest BCUT2D eigenvalue weighted by molar-refractivity contribution is 0.343. The predicted octanol–water partition coefficient (Wildman–Crippen LogP) is 5.93. The standard InChI is InChI=1S/C19H36N2/c1-6-8-10-11-13-15-19(4,14-12-9-7-2)18-16-17(3)20-21(18)5/h16H,6-15H2,1-5H3. The normalized spacial score (nSPS) is 14.3. The summed E-state index contributed by atoms with van der Waals surface area (Å²) < 4.78 is 2.12. The molecule has 0 aliphatic heterocycles. The van der Waals surface area contributed by atoms with E-state index in [1.165, 1.54) is 69.9 Å². The second-order valence-electron chi connectivity index (χ2n) is 6.98. The van der Waals surface area contributed by atoms with Gasteiger partial charge >= 0.3 is 0 Å². The van der Waals surface area contributed by atoms with Crippen LogP contribution in [0.15, 0.2) is 6.07 Å². The van der Waals surface area contributed by atoms with E-state index in [2.05, 4.69) is 50.6 Å². The van der Waals surface area contributed by atoms with E-state index in [-0.39, 0.29) is 0 Å². The van der Waals surface area contributed by atoms with Gasteiger partial charge in [-0.3, -0.25) is 4.68 Å². The lowest BCUT2D eigenvalue weighted by atomic mass is 9.77. The maximum absolute atomic E-state index is 4.58. The molecule has 0 bridgehead atoms. The molecule has 0 aliphatic rings. The maximum Gasteiger partial charge on any atom is 0.0596 e. The van der Waals surface area contributed by atoms with Gasteiger partial charge in [-0.15, -0.1) is 0 Å². The second kappa shape index (κ2) is 9.27. The highest BCUT2D eigenvalue weighted by atomic mass is 15.3. The fraction of sp³-hybridized carbons (Fsp3) is 0.842. The van der Waals surface area contributed by atoms with Gasteiger partial charge in [0.15, 0.2) is 0 Å². The van der Waals surface area contributed by atoms with Crippen LogP contribution in [0.25, 0.3) is 0 Å². The van der Waals surface area contributed by atoms with Crippen LogP contribution in [0, 0.1) is 6.92 Å². The van der Waals surface area contributed by atoms with E-state index in [0.717, 1.165) is 5.69 Å². The van der Waals surface area contributed by atoms with Crippen LogP contribution in [-0.2, 0) is 12.5 Å². The number of aryl methyl sites for hydroxylation is 2. The summed E-state index contributed by atoms with van der Waals surface area (Å²) in [4.78, 5) is 0. The molecule has 0 N–H and O–H groups in total. The summed E-state index contributed by atoms with van der Waals surface area (Å²) in [7, 11) is 2.11. The molecule has 0 amide bonds. The predicted molar refractivity (Wildman–Crippen MR) is 92.8 cm³/mol. The Kier molecular flexibility index (Phi) is 8.06. The largest absolute Gasteiger partial charge is 0.272 e. The fourth-order valence-electron chi connectivity index (χ4n) is 3.44. The molecule has 1 aromatic heterocycles. The van der Waals surface area contributed by atoms with Crippen molar-refractivity contribution in [2.45, 2.75) is 97.3 Å². The third kappa shape index (κ3) is 5.84. The molecule has 0 saturated heterocycles. The van der Waals surface area contributed by atoms with Crippen LogP contribution in [0.1, 0.15) is 96.4 Å². The fourth-order valence-corrected chi connectivity index (χ4v) is 3.44. The molecular weight excluding hydrogens is 256 g/mol. The minimum Gasteiger partial charge on any atom is -0.272 e.